The number of carbonyl (C=O) groups excluding carboxylic acids is 1. The monoisotopic (exact) mass is 424 g/mol. The smallest absolute Gasteiger partial charge is 0.142 e. The highest BCUT2D eigenvalue weighted by Crippen LogP contribution is 2.77. The molecular formula is C30H48O. The second kappa shape index (κ2) is 6.50. The predicted octanol–water partition coefficient (Wildman–Crippen LogP) is 8.23. The maximum atomic E-state index is 12.8. The van der Waals surface area contributed by atoms with Crippen LogP contribution in [0.5, 0.6) is 0 Å². The van der Waals surface area contributed by atoms with Gasteiger partial charge in [0.2, 0.25) is 0 Å². The molecule has 31 heavy (non-hydrogen) atoms. The molecule has 1 nitrogen and oxygen atoms in total. The van der Waals surface area contributed by atoms with Gasteiger partial charge in [-0.05, 0) is 116 Å². The summed E-state index contributed by atoms with van der Waals surface area (Å²) in [5.41, 5.74) is 3.10. The molecule has 0 N–H and O–H groups in total. The molecule has 0 aromatic carbocycles. The minimum absolute atomic E-state index is 0.236. The van der Waals surface area contributed by atoms with Crippen molar-refractivity contribution in [3.05, 3.63) is 11.6 Å². The minimum atomic E-state index is -0.236. The van der Waals surface area contributed by atoms with Crippen molar-refractivity contribution in [2.75, 3.05) is 0 Å². The van der Waals surface area contributed by atoms with Crippen LogP contribution >= 0.6 is 0 Å². The maximum absolute atomic E-state index is 12.8. The van der Waals surface area contributed by atoms with Gasteiger partial charge in [0.05, 0.1) is 0 Å². The predicted molar refractivity (Wildman–Crippen MR) is 130 cm³/mol. The van der Waals surface area contributed by atoms with Gasteiger partial charge >= 0.3 is 0 Å². The molecule has 5 rings (SSSR count). The van der Waals surface area contributed by atoms with Crippen LogP contribution in [0, 0.1) is 56.7 Å². The normalized spacial score (nSPS) is 53.3. The van der Waals surface area contributed by atoms with Crippen molar-refractivity contribution in [2.45, 2.75) is 113 Å². The van der Waals surface area contributed by atoms with E-state index in [4.69, 9.17) is 0 Å². The second-order valence-electron chi connectivity index (χ2n) is 14.4. The van der Waals surface area contributed by atoms with Gasteiger partial charge in [0, 0.05) is 11.8 Å². The largest absolute Gasteiger partial charge is 0.299 e. The fourth-order valence-corrected chi connectivity index (χ4v) is 11.1. The van der Waals surface area contributed by atoms with Crippen LogP contribution in [0.15, 0.2) is 11.6 Å². The summed E-state index contributed by atoms with van der Waals surface area (Å²) in [6.45, 7) is 20.1. The first-order valence-electron chi connectivity index (χ1n) is 13.6. The summed E-state index contributed by atoms with van der Waals surface area (Å²) in [7, 11) is 0. The first-order valence-corrected chi connectivity index (χ1v) is 13.6. The van der Waals surface area contributed by atoms with E-state index in [1.807, 2.05) is 0 Å². The Kier molecular flexibility index (Phi) is 4.66. The first kappa shape index (κ1) is 22.2. The molecule has 8 atom stereocenters. The van der Waals surface area contributed by atoms with Crippen molar-refractivity contribution >= 4 is 5.78 Å². The molecule has 0 heterocycles. The number of hydrogen-bond acceptors (Lipinski definition) is 1. The van der Waals surface area contributed by atoms with Crippen LogP contribution in [0.3, 0.4) is 0 Å². The molecule has 0 radical (unpaired) electrons. The number of hydrogen-bond donors (Lipinski definition) is 0. The van der Waals surface area contributed by atoms with E-state index >= 15 is 0 Å². The number of rotatable bonds is 1. The quantitative estimate of drug-likeness (QED) is 0.387. The van der Waals surface area contributed by atoms with E-state index in [9.17, 15) is 4.79 Å². The molecule has 0 aromatic heterocycles. The van der Waals surface area contributed by atoms with Crippen LogP contribution in [0.4, 0.5) is 0 Å². The van der Waals surface area contributed by atoms with Gasteiger partial charge in [0.1, 0.15) is 5.78 Å². The third-order valence-electron chi connectivity index (χ3n) is 13.0. The van der Waals surface area contributed by atoms with Crippen LogP contribution in [0.1, 0.15) is 113 Å². The molecule has 0 saturated heterocycles. The Labute approximate surface area is 192 Å². The van der Waals surface area contributed by atoms with Crippen molar-refractivity contribution in [3.8, 4) is 0 Å². The summed E-state index contributed by atoms with van der Waals surface area (Å²) in [5.74, 6) is 4.50. The average molecular weight is 425 g/mol. The fourth-order valence-electron chi connectivity index (χ4n) is 11.1. The number of Topliss-reactive ketones (excluding diaryl/α,β-unsaturated/α-hetero) is 1. The summed E-state index contributed by atoms with van der Waals surface area (Å²) < 4.78 is 0. The molecule has 174 valence electrons. The van der Waals surface area contributed by atoms with Gasteiger partial charge in [0.15, 0.2) is 0 Å². The van der Waals surface area contributed by atoms with Crippen LogP contribution in [-0.2, 0) is 4.79 Å². The second-order valence-corrected chi connectivity index (χ2v) is 14.4. The Morgan fingerprint density at radius 3 is 2.06 bits per heavy atom. The zero-order valence-electron chi connectivity index (χ0n) is 21.7. The van der Waals surface area contributed by atoms with Crippen molar-refractivity contribution in [3.63, 3.8) is 0 Å². The van der Waals surface area contributed by atoms with Crippen molar-refractivity contribution in [1.29, 1.82) is 0 Å². The van der Waals surface area contributed by atoms with E-state index in [1.165, 1.54) is 50.5 Å². The van der Waals surface area contributed by atoms with Gasteiger partial charge in [-0.3, -0.25) is 4.79 Å². The Morgan fingerprint density at radius 1 is 0.806 bits per heavy atom. The molecule has 0 aliphatic heterocycles. The molecule has 1 heteroatoms. The standard InChI is InChI=1S/C30H48O/c1-19(2)20-9-12-23-27(20,5)15-17-30(8)24-13-10-21-22(11-14-25(31)26(21,3)4)28(24,6)16-18-29(23,30)7/h10,19-20,22-24H,9,11-18H2,1-8H3/t20-,22+,23-,24-,27-,28+,29+,30-/m1/s1. The van der Waals surface area contributed by atoms with E-state index in [1.54, 1.807) is 0 Å². The van der Waals surface area contributed by atoms with Crippen molar-refractivity contribution < 1.29 is 4.79 Å². The van der Waals surface area contributed by atoms with Crippen LogP contribution in [0.25, 0.3) is 0 Å². The van der Waals surface area contributed by atoms with E-state index in [-0.39, 0.29) is 5.41 Å². The van der Waals surface area contributed by atoms with Crippen LogP contribution < -0.4 is 0 Å². The Bertz CT molecular complexity index is 818. The highest BCUT2D eigenvalue weighted by Gasteiger charge is 2.70. The fraction of sp³-hybridized carbons (Fsp3) is 0.900. The number of fused-ring (bicyclic) bond motifs is 7. The number of ketones is 1. The Balaban J connectivity index is 1.55. The lowest BCUT2D eigenvalue weighted by Gasteiger charge is -2.71. The van der Waals surface area contributed by atoms with Crippen LogP contribution in [-0.4, -0.2) is 5.78 Å². The van der Waals surface area contributed by atoms with E-state index in [0.717, 1.165) is 36.5 Å². The van der Waals surface area contributed by atoms with Gasteiger partial charge in [-0.15, -0.1) is 0 Å². The molecule has 0 amide bonds. The minimum Gasteiger partial charge on any atom is -0.299 e. The lowest BCUT2D eigenvalue weighted by atomic mass is 9.33. The molecule has 5 aliphatic rings. The summed E-state index contributed by atoms with van der Waals surface area (Å²) in [5, 5.41) is 0. The number of allylic oxidation sites excluding steroid dienone is 2. The molecule has 5 aliphatic carbocycles. The molecule has 0 spiro atoms. The lowest BCUT2D eigenvalue weighted by molar-refractivity contribution is -0.212. The molecule has 0 unspecified atom stereocenters. The van der Waals surface area contributed by atoms with Crippen LogP contribution in [0.2, 0.25) is 0 Å². The number of carbonyl (C=O) groups is 1. The third kappa shape index (κ3) is 2.53. The highest BCUT2D eigenvalue weighted by atomic mass is 16.1. The van der Waals surface area contributed by atoms with E-state index in [2.05, 4.69) is 61.5 Å². The molecule has 4 fully saturated rings. The van der Waals surface area contributed by atoms with Gasteiger partial charge in [0.25, 0.3) is 0 Å². The maximum Gasteiger partial charge on any atom is 0.142 e. The van der Waals surface area contributed by atoms with E-state index < -0.39 is 0 Å². The van der Waals surface area contributed by atoms with Gasteiger partial charge < -0.3 is 0 Å². The topological polar surface area (TPSA) is 17.1 Å². The highest BCUT2D eigenvalue weighted by molar-refractivity contribution is 5.88. The summed E-state index contributed by atoms with van der Waals surface area (Å²) in [6, 6.07) is 0. The zero-order chi connectivity index (χ0) is 22.6. The average Bonchev–Trinajstić information content (AvgIpc) is 3.05. The Morgan fingerprint density at radius 2 is 1.42 bits per heavy atom. The van der Waals surface area contributed by atoms with Gasteiger partial charge in [-0.25, -0.2) is 0 Å². The zero-order valence-corrected chi connectivity index (χ0v) is 21.7. The first-order chi connectivity index (χ1) is 14.3. The summed E-state index contributed by atoms with van der Waals surface area (Å²) in [4.78, 5) is 12.8. The molecule has 4 saturated carbocycles. The third-order valence-corrected chi connectivity index (χ3v) is 13.0. The van der Waals surface area contributed by atoms with E-state index in [0.29, 0.717) is 33.4 Å². The van der Waals surface area contributed by atoms with Crippen molar-refractivity contribution in [2.24, 2.45) is 56.7 Å². The van der Waals surface area contributed by atoms with Crippen molar-refractivity contribution in [1.82, 2.24) is 0 Å². The summed E-state index contributed by atoms with van der Waals surface area (Å²) in [6.07, 6.45) is 14.2. The molecule has 0 aromatic rings. The SMILES string of the molecule is CC(C)[C@H]1CC[C@@H]2[C@]1(C)CC[C@]1(C)[C@@H]3CC=C4[C@H](CCC(=O)C4(C)C)[C@]3(C)CC[C@@]21C. The molecular weight excluding hydrogens is 376 g/mol. The molecule has 0 bridgehead atoms. The summed E-state index contributed by atoms with van der Waals surface area (Å²) >= 11 is 0. The van der Waals surface area contributed by atoms with Gasteiger partial charge in [-0.2, -0.15) is 0 Å². The lowest BCUT2D eigenvalue weighted by Crippen LogP contribution is -2.64. The Hall–Kier alpha value is -0.590. The van der Waals surface area contributed by atoms with Gasteiger partial charge in [-0.1, -0.05) is 53.2 Å².